The summed E-state index contributed by atoms with van der Waals surface area (Å²) in [7, 11) is 0. The summed E-state index contributed by atoms with van der Waals surface area (Å²) in [6, 6.07) is 14.5. The first-order valence-corrected chi connectivity index (χ1v) is 13.8. The molecule has 0 radical (unpaired) electrons. The van der Waals surface area contributed by atoms with E-state index in [-0.39, 0.29) is 0 Å². The van der Waals surface area contributed by atoms with Crippen LogP contribution in [0.25, 0.3) is 22.2 Å². The van der Waals surface area contributed by atoms with Crippen molar-refractivity contribution in [3.05, 3.63) is 54.2 Å². The van der Waals surface area contributed by atoms with E-state index < -0.39 is 0 Å². The second-order valence-corrected chi connectivity index (χ2v) is 10.6. The van der Waals surface area contributed by atoms with Gasteiger partial charge in [0.1, 0.15) is 16.5 Å². The maximum Gasteiger partial charge on any atom is 0.259 e. The Hall–Kier alpha value is -3.34. The highest BCUT2D eigenvalue weighted by molar-refractivity contribution is 7.18. The van der Waals surface area contributed by atoms with Gasteiger partial charge in [-0.2, -0.15) is 0 Å². The van der Waals surface area contributed by atoms with Crippen LogP contribution in [0.4, 0.5) is 16.8 Å². The van der Waals surface area contributed by atoms with Crippen molar-refractivity contribution in [2.75, 3.05) is 36.9 Å². The monoisotopic (exact) mass is 517 g/mol. The molecule has 37 heavy (non-hydrogen) atoms. The van der Waals surface area contributed by atoms with Crippen LogP contribution < -0.4 is 10.6 Å². The highest BCUT2D eigenvalue weighted by Crippen LogP contribution is 2.32. The van der Waals surface area contributed by atoms with Crippen LogP contribution in [-0.2, 0) is 11.3 Å². The number of benzene rings is 1. The fourth-order valence-corrected chi connectivity index (χ4v) is 5.60. The molecule has 1 saturated carbocycles. The molecule has 10 heteroatoms. The number of thiazole rings is 1. The van der Waals surface area contributed by atoms with Crippen molar-refractivity contribution in [2.45, 2.75) is 44.7 Å². The Morgan fingerprint density at radius 2 is 1.73 bits per heavy atom. The lowest BCUT2D eigenvalue weighted by atomic mass is 9.95. The van der Waals surface area contributed by atoms with Gasteiger partial charge in [-0.3, -0.25) is 4.90 Å². The molecule has 6 rings (SSSR count). The molecule has 2 fully saturated rings. The Kier molecular flexibility index (Phi) is 7.38. The summed E-state index contributed by atoms with van der Waals surface area (Å²) in [5.74, 6) is 2.65. The minimum Gasteiger partial charge on any atom is -0.415 e. The number of nitrogens with zero attached hydrogens (tertiary/aromatic N) is 5. The van der Waals surface area contributed by atoms with Gasteiger partial charge in [-0.15, -0.1) is 10.2 Å². The van der Waals surface area contributed by atoms with E-state index >= 15 is 0 Å². The van der Waals surface area contributed by atoms with E-state index in [1.165, 1.54) is 49.0 Å². The van der Waals surface area contributed by atoms with Gasteiger partial charge in [0, 0.05) is 31.2 Å². The Morgan fingerprint density at radius 1 is 0.946 bits per heavy atom. The molecule has 3 aromatic heterocycles. The van der Waals surface area contributed by atoms with Gasteiger partial charge in [0.2, 0.25) is 5.89 Å². The van der Waals surface area contributed by atoms with Gasteiger partial charge in [0.15, 0.2) is 5.13 Å². The molecule has 0 spiro atoms. The molecule has 4 aromatic rings. The third-order valence-electron chi connectivity index (χ3n) is 6.75. The van der Waals surface area contributed by atoms with Crippen LogP contribution in [0, 0.1) is 0 Å². The summed E-state index contributed by atoms with van der Waals surface area (Å²) in [6.45, 7) is 4.33. The summed E-state index contributed by atoms with van der Waals surface area (Å²) in [6.07, 6.45) is 8.04. The number of nitrogens with one attached hydrogen (secondary N) is 2. The summed E-state index contributed by atoms with van der Waals surface area (Å²) in [5.41, 5.74) is 2.11. The highest BCUT2D eigenvalue weighted by Gasteiger charge is 2.18. The van der Waals surface area contributed by atoms with Crippen molar-refractivity contribution in [1.29, 1.82) is 0 Å². The number of aromatic nitrogens is 4. The Morgan fingerprint density at radius 3 is 2.57 bits per heavy atom. The molecule has 2 N–H and O–H groups in total. The molecule has 1 aliphatic carbocycles. The van der Waals surface area contributed by atoms with Crippen molar-refractivity contribution in [1.82, 2.24) is 25.1 Å². The lowest BCUT2D eigenvalue weighted by Crippen LogP contribution is -2.35. The lowest BCUT2D eigenvalue weighted by molar-refractivity contribution is 0.0342. The van der Waals surface area contributed by atoms with Crippen molar-refractivity contribution in [2.24, 2.45) is 0 Å². The molecule has 4 heterocycles. The standard InChI is InChI=1S/C27H31N7O2S/c1-3-7-20(8-4-1)25-32-33-26(36-25)22-17-28-27(37-22)31-24-16-19(18-34-11-13-35-14-12-34)15-23(30-24)29-21-9-5-2-6-10-21/h1,3-4,7-8,15-17,21H,2,5-6,9-14,18H2,(H2,28,29,30,31). The molecule has 0 amide bonds. The first-order chi connectivity index (χ1) is 18.3. The van der Waals surface area contributed by atoms with E-state index in [2.05, 4.69) is 42.8 Å². The average molecular weight is 518 g/mol. The quantitative estimate of drug-likeness (QED) is 0.310. The first kappa shape index (κ1) is 24.0. The number of morpholine rings is 1. The van der Waals surface area contributed by atoms with Crippen molar-refractivity contribution < 1.29 is 9.15 Å². The average Bonchev–Trinajstić information content (AvgIpc) is 3.60. The van der Waals surface area contributed by atoms with E-state index in [4.69, 9.17) is 14.1 Å². The number of rotatable bonds is 8. The molecule has 192 valence electrons. The Bertz CT molecular complexity index is 1260. The molecule has 0 bridgehead atoms. The summed E-state index contributed by atoms with van der Waals surface area (Å²) in [5, 5.41) is 16.3. The van der Waals surface area contributed by atoms with Crippen LogP contribution >= 0.6 is 11.3 Å². The van der Waals surface area contributed by atoms with E-state index in [1.54, 1.807) is 6.20 Å². The van der Waals surface area contributed by atoms with E-state index in [9.17, 15) is 0 Å². The zero-order valence-corrected chi connectivity index (χ0v) is 21.5. The molecule has 2 aliphatic rings. The molecule has 0 atom stereocenters. The molecule has 1 aliphatic heterocycles. The molecule has 0 unspecified atom stereocenters. The topological polar surface area (TPSA) is 101 Å². The van der Waals surface area contributed by atoms with E-state index in [0.29, 0.717) is 17.8 Å². The zero-order chi connectivity index (χ0) is 24.9. The van der Waals surface area contributed by atoms with Gasteiger partial charge in [0.25, 0.3) is 5.89 Å². The van der Waals surface area contributed by atoms with Crippen molar-refractivity contribution >= 4 is 28.1 Å². The fraction of sp³-hybridized carbons (Fsp3) is 0.407. The molecular weight excluding hydrogens is 486 g/mol. The van der Waals surface area contributed by atoms with Crippen LogP contribution in [0.3, 0.4) is 0 Å². The maximum atomic E-state index is 5.91. The zero-order valence-electron chi connectivity index (χ0n) is 20.7. The van der Waals surface area contributed by atoms with Crippen molar-refractivity contribution in [3.8, 4) is 22.2 Å². The van der Waals surface area contributed by atoms with Gasteiger partial charge < -0.3 is 19.8 Å². The van der Waals surface area contributed by atoms with Crippen molar-refractivity contribution in [3.63, 3.8) is 0 Å². The highest BCUT2D eigenvalue weighted by atomic mass is 32.1. The third-order valence-corrected chi connectivity index (χ3v) is 7.65. The second-order valence-electron chi connectivity index (χ2n) is 9.55. The lowest BCUT2D eigenvalue weighted by Gasteiger charge is -2.27. The molecule has 1 saturated heterocycles. The van der Waals surface area contributed by atoms with Gasteiger partial charge >= 0.3 is 0 Å². The summed E-state index contributed by atoms with van der Waals surface area (Å²) >= 11 is 1.47. The number of ether oxygens (including phenoxy) is 1. The number of hydrogen-bond acceptors (Lipinski definition) is 10. The maximum absolute atomic E-state index is 5.91. The number of hydrogen-bond donors (Lipinski definition) is 2. The van der Waals surface area contributed by atoms with Crippen LogP contribution in [0.2, 0.25) is 0 Å². The fourth-order valence-electron chi connectivity index (χ4n) is 4.85. The van der Waals surface area contributed by atoms with Crippen LogP contribution in [0.1, 0.15) is 37.7 Å². The van der Waals surface area contributed by atoms with E-state index in [1.807, 2.05) is 30.3 Å². The van der Waals surface area contributed by atoms with E-state index in [0.717, 1.165) is 60.1 Å². The predicted molar refractivity (Wildman–Crippen MR) is 145 cm³/mol. The normalized spacial score (nSPS) is 17.1. The Balaban J connectivity index is 1.20. The second kappa shape index (κ2) is 11.4. The third kappa shape index (κ3) is 6.15. The molecule has 9 nitrogen and oxygen atoms in total. The van der Waals surface area contributed by atoms with Crippen LogP contribution in [0.5, 0.6) is 0 Å². The van der Waals surface area contributed by atoms with Gasteiger partial charge in [-0.25, -0.2) is 9.97 Å². The minimum absolute atomic E-state index is 0.457. The minimum atomic E-state index is 0.457. The Labute approximate surface area is 220 Å². The van der Waals surface area contributed by atoms with Crippen LogP contribution in [-0.4, -0.2) is 57.4 Å². The SMILES string of the molecule is c1ccc(-c2nnc(-c3cnc(Nc4cc(CN5CCOCC5)cc(NC5CCCCC5)n4)s3)o2)cc1. The largest absolute Gasteiger partial charge is 0.415 e. The predicted octanol–water partition coefficient (Wildman–Crippen LogP) is 5.58. The van der Waals surface area contributed by atoms with Gasteiger partial charge in [-0.05, 0) is 42.7 Å². The molecule has 1 aromatic carbocycles. The summed E-state index contributed by atoms with van der Waals surface area (Å²) < 4.78 is 11.4. The molecular formula is C27H31N7O2S. The summed E-state index contributed by atoms with van der Waals surface area (Å²) in [4.78, 5) is 12.7. The van der Waals surface area contributed by atoms with Gasteiger partial charge in [0.05, 0.1) is 19.4 Å². The number of pyridine rings is 1. The number of anilines is 3. The van der Waals surface area contributed by atoms with Gasteiger partial charge in [-0.1, -0.05) is 48.8 Å². The smallest absolute Gasteiger partial charge is 0.259 e. The first-order valence-electron chi connectivity index (χ1n) is 13.0. The van der Waals surface area contributed by atoms with Crippen LogP contribution in [0.15, 0.2) is 53.1 Å².